The van der Waals surface area contributed by atoms with E-state index in [0.717, 1.165) is 5.56 Å². The van der Waals surface area contributed by atoms with Crippen molar-refractivity contribution in [1.29, 1.82) is 0 Å². The molecule has 0 unspecified atom stereocenters. The molecule has 0 saturated carbocycles. The van der Waals surface area contributed by atoms with E-state index >= 15 is 0 Å². The van der Waals surface area contributed by atoms with Gasteiger partial charge in [0.15, 0.2) is 0 Å². The summed E-state index contributed by atoms with van der Waals surface area (Å²) in [7, 11) is 0. The molecule has 88 valence electrons. The van der Waals surface area contributed by atoms with Crippen LogP contribution in [0.5, 0.6) is 0 Å². The van der Waals surface area contributed by atoms with Crippen molar-refractivity contribution in [3.63, 3.8) is 0 Å². The van der Waals surface area contributed by atoms with Crippen LogP contribution in [0.15, 0.2) is 36.4 Å². The Balaban J connectivity index is 2.41. The van der Waals surface area contributed by atoms with Gasteiger partial charge in [-0.1, -0.05) is 12.1 Å². The lowest BCUT2D eigenvalue weighted by Crippen LogP contribution is -2.00. The normalized spacial score (nSPS) is 10.3. The predicted octanol–water partition coefficient (Wildman–Crippen LogP) is 3.60. The number of halogens is 2. The van der Waals surface area contributed by atoms with Gasteiger partial charge < -0.3 is 11.1 Å². The Hall–Kier alpha value is -2.10. The minimum absolute atomic E-state index is 0.190. The van der Waals surface area contributed by atoms with Crippen LogP contribution in [0.2, 0.25) is 0 Å². The molecule has 3 N–H and O–H groups in total. The molecule has 0 spiro atoms. The number of para-hydroxylation sites is 1. The molecular weight excluding hydrogens is 222 g/mol. The number of hydrogen-bond donors (Lipinski definition) is 2. The van der Waals surface area contributed by atoms with Crippen molar-refractivity contribution < 1.29 is 8.78 Å². The summed E-state index contributed by atoms with van der Waals surface area (Å²) in [5, 5.41) is 2.67. The molecule has 0 amide bonds. The minimum atomic E-state index is -0.647. The molecule has 0 saturated heterocycles. The van der Waals surface area contributed by atoms with Gasteiger partial charge in [0.1, 0.15) is 17.3 Å². The maximum absolute atomic E-state index is 13.4. The maximum Gasteiger partial charge on any atom is 0.149 e. The Morgan fingerprint density at radius 3 is 2.35 bits per heavy atom. The maximum atomic E-state index is 13.4. The second-order valence-electron chi connectivity index (χ2n) is 3.81. The number of nitrogen functional groups attached to an aromatic ring is 1. The lowest BCUT2D eigenvalue weighted by molar-refractivity contribution is 0.591. The van der Waals surface area contributed by atoms with E-state index < -0.39 is 11.6 Å². The molecule has 0 aliphatic rings. The second kappa shape index (κ2) is 4.41. The van der Waals surface area contributed by atoms with Gasteiger partial charge in [0, 0.05) is 0 Å². The first kappa shape index (κ1) is 11.4. The number of benzene rings is 2. The molecule has 0 heterocycles. The first-order valence-corrected chi connectivity index (χ1v) is 5.15. The molecular formula is C13H12F2N2. The lowest BCUT2D eigenvalue weighted by Gasteiger charge is -2.11. The molecule has 0 bridgehead atoms. The third-order valence-electron chi connectivity index (χ3n) is 2.43. The first-order valence-electron chi connectivity index (χ1n) is 5.15. The highest BCUT2D eigenvalue weighted by molar-refractivity contribution is 5.73. The van der Waals surface area contributed by atoms with Crippen LogP contribution in [0.1, 0.15) is 5.56 Å². The molecule has 0 fully saturated rings. The summed E-state index contributed by atoms with van der Waals surface area (Å²) in [4.78, 5) is 0. The summed E-state index contributed by atoms with van der Waals surface area (Å²) in [6, 6.07) is 8.96. The third-order valence-corrected chi connectivity index (χ3v) is 2.43. The highest BCUT2D eigenvalue weighted by Crippen LogP contribution is 2.27. The van der Waals surface area contributed by atoms with Gasteiger partial charge in [0.25, 0.3) is 0 Å². The van der Waals surface area contributed by atoms with Crippen LogP contribution in [0.4, 0.5) is 25.8 Å². The Bertz CT molecular complexity index is 533. The summed E-state index contributed by atoms with van der Waals surface area (Å²) in [5.41, 5.74) is 7.43. The molecule has 17 heavy (non-hydrogen) atoms. The molecule has 0 aliphatic heterocycles. The van der Waals surface area contributed by atoms with E-state index in [4.69, 9.17) is 5.73 Å². The predicted molar refractivity (Wildman–Crippen MR) is 65.2 cm³/mol. The number of nitrogens with one attached hydrogen (secondary N) is 1. The quantitative estimate of drug-likeness (QED) is 0.779. The zero-order chi connectivity index (χ0) is 12.4. The van der Waals surface area contributed by atoms with Crippen molar-refractivity contribution in [2.75, 3.05) is 11.1 Å². The first-order chi connectivity index (χ1) is 8.08. The van der Waals surface area contributed by atoms with E-state index in [1.807, 2.05) is 13.0 Å². The Morgan fingerprint density at radius 2 is 1.71 bits per heavy atom. The highest BCUT2D eigenvalue weighted by atomic mass is 19.1. The fourth-order valence-electron chi connectivity index (χ4n) is 1.53. The van der Waals surface area contributed by atoms with Crippen LogP contribution in [-0.4, -0.2) is 0 Å². The van der Waals surface area contributed by atoms with Crippen LogP contribution in [0.3, 0.4) is 0 Å². The summed E-state index contributed by atoms with van der Waals surface area (Å²) in [6.45, 7) is 1.88. The minimum Gasteiger partial charge on any atom is -0.397 e. The number of rotatable bonds is 2. The average Bonchev–Trinajstić information content (AvgIpc) is 2.28. The molecule has 0 aromatic heterocycles. The molecule has 2 aromatic carbocycles. The molecule has 4 heteroatoms. The van der Waals surface area contributed by atoms with Gasteiger partial charge in [-0.2, -0.15) is 0 Å². The van der Waals surface area contributed by atoms with Gasteiger partial charge in [-0.3, -0.25) is 0 Å². The summed E-state index contributed by atoms with van der Waals surface area (Å²) in [5.74, 6) is -1.29. The van der Waals surface area contributed by atoms with Gasteiger partial charge >= 0.3 is 0 Å². The Labute approximate surface area is 98.1 Å². The Morgan fingerprint density at radius 1 is 1.06 bits per heavy atom. The van der Waals surface area contributed by atoms with Gasteiger partial charge in [-0.05, 0) is 36.8 Å². The third kappa shape index (κ3) is 2.36. The monoisotopic (exact) mass is 234 g/mol. The van der Waals surface area contributed by atoms with Gasteiger partial charge in [-0.25, -0.2) is 8.78 Å². The fraction of sp³-hybridized carbons (Fsp3) is 0.0769. The SMILES string of the molecule is Cc1ccc(N)c(Nc2c(F)cccc2F)c1. The van der Waals surface area contributed by atoms with Crippen molar-refractivity contribution >= 4 is 17.1 Å². The van der Waals surface area contributed by atoms with E-state index in [-0.39, 0.29) is 5.69 Å². The second-order valence-corrected chi connectivity index (χ2v) is 3.81. The molecule has 0 aliphatic carbocycles. The van der Waals surface area contributed by atoms with Crippen molar-refractivity contribution in [3.8, 4) is 0 Å². The van der Waals surface area contributed by atoms with Crippen LogP contribution in [0.25, 0.3) is 0 Å². The Kier molecular flexibility index (Phi) is 2.95. The molecule has 0 radical (unpaired) electrons. The van der Waals surface area contributed by atoms with Crippen LogP contribution >= 0.6 is 0 Å². The highest BCUT2D eigenvalue weighted by Gasteiger charge is 2.09. The van der Waals surface area contributed by atoms with E-state index in [0.29, 0.717) is 11.4 Å². The number of nitrogens with two attached hydrogens (primary N) is 1. The van der Waals surface area contributed by atoms with E-state index in [9.17, 15) is 8.78 Å². The zero-order valence-electron chi connectivity index (χ0n) is 9.30. The lowest BCUT2D eigenvalue weighted by atomic mass is 10.2. The molecule has 2 aromatic rings. The van der Waals surface area contributed by atoms with E-state index in [2.05, 4.69) is 5.32 Å². The topological polar surface area (TPSA) is 38.0 Å². The van der Waals surface area contributed by atoms with Crippen molar-refractivity contribution in [3.05, 3.63) is 53.6 Å². The van der Waals surface area contributed by atoms with Gasteiger partial charge in [0.2, 0.25) is 0 Å². The largest absolute Gasteiger partial charge is 0.397 e. The van der Waals surface area contributed by atoms with Crippen molar-refractivity contribution in [2.24, 2.45) is 0 Å². The average molecular weight is 234 g/mol. The van der Waals surface area contributed by atoms with Gasteiger partial charge in [0.05, 0.1) is 11.4 Å². The van der Waals surface area contributed by atoms with E-state index in [1.54, 1.807) is 12.1 Å². The van der Waals surface area contributed by atoms with Crippen molar-refractivity contribution in [1.82, 2.24) is 0 Å². The summed E-state index contributed by atoms with van der Waals surface area (Å²) in [6.07, 6.45) is 0. The number of hydrogen-bond acceptors (Lipinski definition) is 2. The smallest absolute Gasteiger partial charge is 0.149 e. The fourth-order valence-corrected chi connectivity index (χ4v) is 1.53. The number of anilines is 3. The summed E-state index contributed by atoms with van der Waals surface area (Å²) < 4.78 is 26.9. The van der Waals surface area contributed by atoms with E-state index in [1.165, 1.54) is 18.2 Å². The molecule has 2 rings (SSSR count). The van der Waals surface area contributed by atoms with Crippen molar-refractivity contribution in [2.45, 2.75) is 6.92 Å². The standard InChI is InChI=1S/C13H12F2N2/c1-8-5-6-11(16)12(7-8)17-13-9(14)3-2-4-10(13)15/h2-7,17H,16H2,1H3. The van der Waals surface area contributed by atoms with Crippen LogP contribution in [0, 0.1) is 18.6 Å². The molecule has 2 nitrogen and oxygen atoms in total. The molecule has 0 atom stereocenters. The zero-order valence-corrected chi connectivity index (χ0v) is 9.30. The summed E-state index contributed by atoms with van der Waals surface area (Å²) >= 11 is 0. The number of aryl methyl sites for hydroxylation is 1. The van der Waals surface area contributed by atoms with Gasteiger partial charge in [-0.15, -0.1) is 0 Å². The van der Waals surface area contributed by atoms with Crippen LogP contribution < -0.4 is 11.1 Å². The van der Waals surface area contributed by atoms with Crippen LogP contribution in [-0.2, 0) is 0 Å².